The van der Waals surface area contributed by atoms with Crippen molar-refractivity contribution in [3.05, 3.63) is 30.3 Å². The van der Waals surface area contributed by atoms with Crippen LogP contribution in [0.1, 0.15) is 13.8 Å². The molecule has 102 valence electrons. The minimum atomic E-state index is 0.534. The van der Waals surface area contributed by atoms with Gasteiger partial charge in [-0.3, -0.25) is 0 Å². The molecule has 0 aliphatic heterocycles. The third-order valence-corrected chi connectivity index (χ3v) is 3.10. The van der Waals surface area contributed by atoms with Crippen LogP contribution >= 0.6 is 0 Å². The zero-order valence-corrected chi connectivity index (χ0v) is 11.6. The molecule has 0 spiro atoms. The van der Waals surface area contributed by atoms with Gasteiger partial charge in [0, 0.05) is 19.1 Å². The Kier molecular flexibility index (Phi) is 4.46. The van der Waals surface area contributed by atoms with Gasteiger partial charge in [0.2, 0.25) is 5.95 Å². The van der Waals surface area contributed by atoms with Crippen LogP contribution in [0.25, 0.3) is 5.69 Å². The van der Waals surface area contributed by atoms with Gasteiger partial charge in [0.25, 0.3) is 0 Å². The van der Waals surface area contributed by atoms with E-state index < -0.39 is 0 Å². The van der Waals surface area contributed by atoms with E-state index in [-0.39, 0.29) is 0 Å². The van der Waals surface area contributed by atoms with Crippen molar-refractivity contribution in [2.45, 2.75) is 19.9 Å². The molecule has 0 aliphatic carbocycles. The standard InChI is InChI=1S/C13H20N6/c1-11(2)18(3)10-9-14-13-15-16-17-19(13)12-7-5-4-6-8-12/h4-8,11H,9-10H2,1-3H3,(H,14,15,17). The molecule has 0 atom stereocenters. The Labute approximate surface area is 113 Å². The second-order valence-electron chi connectivity index (χ2n) is 4.75. The monoisotopic (exact) mass is 260 g/mol. The number of hydrogen-bond donors (Lipinski definition) is 1. The molecule has 2 aromatic rings. The number of likely N-dealkylation sites (N-methyl/N-ethyl adjacent to an activating group) is 1. The first kappa shape index (κ1) is 13.5. The quantitative estimate of drug-likeness (QED) is 0.851. The van der Waals surface area contributed by atoms with Crippen molar-refractivity contribution in [2.24, 2.45) is 0 Å². The maximum atomic E-state index is 4.01. The van der Waals surface area contributed by atoms with E-state index in [0.29, 0.717) is 12.0 Å². The minimum absolute atomic E-state index is 0.534. The second kappa shape index (κ2) is 6.29. The van der Waals surface area contributed by atoms with Gasteiger partial charge >= 0.3 is 0 Å². The van der Waals surface area contributed by atoms with E-state index in [9.17, 15) is 0 Å². The zero-order valence-electron chi connectivity index (χ0n) is 11.6. The maximum absolute atomic E-state index is 4.01. The summed E-state index contributed by atoms with van der Waals surface area (Å²) >= 11 is 0. The average molecular weight is 260 g/mol. The number of rotatable bonds is 6. The first-order valence-corrected chi connectivity index (χ1v) is 6.46. The lowest BCUT2D eigenvalue weighted by Crippen LogP contribution is -2.31. The largest absolute Gasteiger partial charge is 0.351 e. The molecule has 2 rings (SSSR count). The Bertz CT molecular complexity index is 493. The van der Waals surface area contributed by atoms with Crippen molar-refractivity contribution in [1.82, 2.24) is 25.1 Å². The summed E-state index contributed by atoms with van der Waals surface area (Å²) in [4.78, 5) is 2.27. The molecular weight excluding hydrogens is 240 g/mol. The molecule has 0 aliphatic rings. The summed E-state index contributed by atoms with van der Waals surface area (Å²) in [7, 11) is 2.10. The third-order valence-electron chi connectivity index (χ3n) is 3.10. The number of benzene rings is 1. The van der Waals surface area contributed by atoms with Crippen molar-refractivity contribution >= 4 is 5.95 Å². The van der Waals surface area contributed by atoms with Crippen molar-refractivity contribution in [2.75, 3.05) is 25.5 Å². The summed E-state index contributed by atoms with van der Waals surface area (Å²) in [5.41, 5.74) is 0.951. The van der Waals surface area contributed by atoms with Crippen LogP contribution in [-0.2, 0) is 0 Å². The van der Waals surface area contributed by atoms with Gasteiger partial charge in [-0.15, -0.1) is 0 Å². The molecule has 1 aromatic heterocycles. The summed E-state index contributed by atoms with van der Waals surface area (Å²) < 4.78 is 1.70. The predicted molar refractivity (Wildman–Crippen MR) is 75.4 cm³/mol. The topological polar surface area (TPSA) is 58.9 Å². The zero-order chi connectivity index (χ0) is 13.7. The molecule has 1 heterocycles. The number of tetrazole rings is 1. The third kappa shape index (κ3) is 3.51. The Balaban J connectivity index is 1.97. The van der Waals surface area contributed by atoms with Gasteiger partial charge in [0.15, 0.2) is 0 Å². The van der Waals surface area contributed by atoms with E-state index in [0.717, 1.165) is 18.8 Å². The van der Waals surface area contributed by atoms with E-state index in [1.807, 2.05) is 30.3 Å². The molecule has 0 radical (unpaired) electrons. The number of anilines is 1. The van der Waals surface area contributed by atoms with Crippen molar-refractivity contribution in [1.29, 1.82) is 0 Å². The number of hydrogen-bond acceptors (Lipinski definition) is 5. The number of aromatic nitrogens is 4. The first-order valence-electron chi connectivity index (χ1n) is 6.46. The van der Waals surface area contributed by atoms with Crippen LogP contribution in [-0.4, -0.2) is 51.3 Å². The van der Waals surface area contributed by atoms with Gasteiger partial charge < -0.3 is 10.2 Å². The highest BCUT2D eigenvalue weighted by Gasteiger charge is 2.08. The highest BCUT2D eigenvalue weighted by atomic mass is 15.6. The summed E-state index contributed by atoms with van der Waals surface area (Å²) in [6, 6.07) is 10.4. The van der Waals surface area contributed by atoms with Gasteiger partial charge in [-0.2, -0.15) is 4.68 Å². The Hall–Kier alpha value is -1.95. The Morgan fingerprint density at radius 3 is 2.68 bits per heavy atom. The number of nitrogens with zero attached hydrogens (tertiary/aromatic N) is 5. The molecule has 6 heteroatoms. The summed E-state index contributed by atoms with van der Waals surface area (Å²) in [5.74, 6) is 0.670. The van der Waals surface area contributed by atoms with E-state index in [4.69, 9.17) is 0 Å². The summed E-state index contributed by atoms with van der Waals surface area (Å²) in [6.45, 7) is 6.10. The van der Waals surface area contributed by atoms with Crippen LogP contribution in [0, 0.1) is 0 Å². The molecule has 19 heavy (non-hydrogen) atoms. The van der Waals surface area contributed by atoms with Crippen LogP contribution in [0.3, 0.4) is 0 Å². The van der Waals surface area contributed by atoms with Gasteiger partial charge in [0.05, 0.1) is 5.69 Å². The number of para-hydroxylation sites is 1. The van der Waals surface area contributed by atoms with Crippen molar-refractivity contribution < 1.29 is 0 Å². The van der Waals surface area contributed by atoms with E-state index in [1.54, 1.807) is 4.68 Å². The van der Waals surface area contributed by atoms with Crippen LogP contribution in [0.5, 0.6) is 0 Å². The van der Waals surface area contributed by atoms with Crippen LogP contribution in [0.4, 0.5) is 5.95 Å². The predicted octanol–water partition coefficient (Wildman–Crippen LogP) is 1.41. The number of nitrogens with one attached hydrogen (secondary N) is 1. The highest BCUT2D eigenvalue weighted by Crippen LogP contribution is 2.10. The van der Waals surface area contributed by atoms with E-state index in [1.165, 1.54) is 0 Å². The molecule has 0 unspecified atom stereocenters. The SMILES string of the molecule is CC(C)N(C)CCNc1nnnn1-c1ccccc1. The Morgan fingerprint density at radius 1 is 1.26 bits per heavy atom. The molecule has 0 saturated heterocycles. The van der Waals surface area contributed by atoms with Crippen LogP contribution in [0.15, 0.2) is 30.3 Å². The lowest BCUT2D eigenvalue weighted by atomic mass is 10.3. The molecule has 0 amide bonds. The van der Waals surface area contributed by atoms with Crippen LogP contribution in [0.2, 0.25) is 0 Å². The lowest BCUT2D eigenvalue weighted by Gasteiger charge is -2.20. The van der Waals surface area contributed by atoms with E-state index in [2.05, 4.69) is 46.6 Å². The summed E-state index contributed by atoms with van der Waals surface area (Å²) in [5, 5.41) is 15.0. The molecule has 1 aromatic carbocycles. The average Bonchev–Trinajstić information content (AvgIpc) is 2.88. The maximum Gasteiger partial charge on any atom is 0.247 e. The minimum Gasteiger partial charge on any atom is -0.351 e. The fraction of sp³-hybridized carbons (Fsp3) is 0.462. The first-order chi connectivity index (χ1) is 9.18. The highest BCUT2D eigenvalue weighted by molar-refractivity contribution is 5.38. The van der Waals surface area contributed by atoms with Gasteiger partial charge in [-0.05, 0) is 43.5 Å². The van der Waals surface area contributed by atoms with Crippen molar-refractivity contribution in [3.8, 4) is 5.69 Å². The molecule has 6 nitrogen and oxygen atoms in total. The molecule has 0 fully saturated rings. The molecule has 0 saturated carbocycles. The fourth-order valence-electron chi connectivity index (χ4n) is 1.64. The second-order valence-corrected chi connectivity index (χ2v) is 4.75. The normalized spacial score (nSPS) is 11.2. The summed E-state index contributed by atoms with van der Waals surface area (Å²) in [6.07, 6.45) is 0. The molecule has 0 bridgehead atoms. The smallest absolute Gasteiger partial charge is 0.247 e. The van der Waals surface area contributed by atoms with Crippen molar-refractivity contribution in [3.63, 3.8) is 0 Å². The van der Waals surface area contributed by atoms with E-state index >= 15 is 0 Å². The van der Waals surface area contributed by atoms with Crippen LogP contribution < -0.4 is 5.32 Å². The van der Waals surface area contributed by atoms with Gasteiger partial charge in [-0.25, -0.2) is 0 Å². The molecular formula is C13H20N6. The van der Waals surface area contributed by atoms with Gasteiger partial charge in [-0.1, -0.05) is 23.3 Å². The molecule has 1 N–H and O–H groups in total. The fourth-order valence-corrected chi connectivity index (χ4v) is 1.64. The van der Waals surface area contributed by atoms with Gasteiger partial charge in [0.1, 0.15) is 0 Å². The lowest BCUT2D eigenvalue weighted by molar-refractivity contribution is 0.284. The Morgan fingerprint density at radius 2 is 2.00 bits per heavy atom.